The molecule has 8 nitrogen and oxygen atoms in total. The molecule has 1 aromatic carbocycles. The molecule has 4 rings (SSSR count). The summed E-state index contributed by atoms with van der Waals surface area (Å²) in [4.78, 5) is 13.4. The number of benzene rings is 1. The van der Waals surface area contributed by atoms with E-state index in [0.29, 0.717) is 33.5 Å². The molecule has 0 aliphatic heterocycles. The third-order valence-electron chi connectivity index (χ3n) is 5.15. The van der Waals surface area contributed by atoms with E-state index in [-0.39, 0.29) is 5.82 Å². The Balaban J connectivity index is 1.90. The summed E-state index contributed by atoms with van der Waals surface area (Å²) in [5.41, 5.74) is 9.89. The molecule has 0 aliphatic rings. The lowest BCUT2D eigenvalue weighted by Gasteiger charge is -2.16. The van der Waals surface area contributed by atoms with Gasteiger partial charge in [0.25, 0.3) is 0 Å². The maximum Gasteiger partial charge on any atom is 0.157 e. The number of allylic oxidation sites excluding steroid dienone is 1. The quantitative estimate of drug-likeness (QED) is 0.437. The molecule has 0 saturated heterocycles. The zero-order chi connectivity index (χ0) is 21.4. The summed E-state index contributed by atoms with van der Waals surface area (Å²) < 4.78 is 17.4. The minimum Gasteiger partial charge on any atom is -0.404 e. The van der Waals surface area contributed by atoms with Crippen LogP contribution in [0.4, 0.5) is 10.2 Å². The number of fused-ring (bicyclic) bond motifs is 2. The lowest BCUT2D eigenvalue weighted by Crippen LogP contribution is -2.03. The van der Waals surface area contributed by atoms with Crippen molar-refractivity contribution in [2.24, 2.45) is 10.7 Å². The van der Waals surface area contributed by atoms with Gasteiger partial charge in [-0.05, 0) is 38.1 Å². The second kappa shape index (κ2) is 7.58. The number of hydrogen-bond donors (Lipinski definition) is 3. The number of aliphatic imine (C=N–C) groups is 1. The molecule has 0 spiro atoms. The Morgan fingerprint density at radius 3 is 2.90 bits per heavy atom. The lowest BCUT2D eigenvalue weighted by atomic mass is 9.94. The Morgan fingerprint density at radius 2 is 2.17 bits per heavy atom. The second-order valence-electron chi connectivity index (χ2n) is 7.17. The first kappa shape index (κ1) is 19.6. The maximum absolute atomic E-state index is 15.6. The van der Waals surface area contributed by atoms with Crippen molar-refractivity contribution in [2.75, 3.05) is 12.4 Å². The molecule has 154 valence electrons. The van der Waals surface area contributed by atoms with Crippen LogP contribution in [0.1, 0.15) is 31.0 Å². The zero-order valence-electron chi connectivity index (χ0n) is 17.2. The standard InChI is InChI=1S/C21H23FN8/c1-11(5-23)6-25-13(3)19-20(22)12(2)18(14-7-27-29-21(14)19)15-9-30-10-16(24-4)28-17(30)8-26-15/h5-10,13,24H,23H2,1-4H3,(H,27,29). The number of anilines is 1. The number of imidazole rings is 1. The molecule has 4 aromatic rings. The first-order valence-corrected chi connectivity index (χ1v) is 9.54. The molecule has 0 bridgehead atoms. The van der Waals surface area contributed by atoms with Crippen molar-refractivity contribution in [1.29, 1.82) is 0 Å². The van der Waals surface area contributed by atoms with Crippen molar-refractivity contribution in [3.8, 4) is 11.3 Å². The monoisotopic (exact) mass is 406 g/mol. The van der Waals surface area contributed by atoms with Crippen molar-refractivity contribution in [1.82, 2.24) is 24.6 Å². The molecule has 0 fully saturated rings. The minimum atomic E-state index is -0.419. The summed E-state index contributed by atoms with van der Waals surface area (Å²) in [7, 11) is 1.80. The SMILES string of the molecule is CNc1cn2cc(-c3c(C)c(F)c(C(C)N=CC(C)=CN)c4[nH]ncc34)ncc2n1. The summed E-state index contributed by atoms with van der Waals surface area (Å²) in [5, 5.41) is 10.9. The van der Waals surface area contributed by atoms with Gasteiger partial charge in [-0.25, -0.2) is 9.37 Å². The Bertz CT molecular complexity index is 1300. The van der Waals surface area contributed by atoms with E-state index < -0.39 is 6.04 Å². The fourth-order valence-electron chi connectivity index (χ4n) is 3.52. The van der Waals surface area contributed by atoms with E-state index in [9.17, 15) is 0 Å². The topological polar surface area (TPSA) is 109 Å². The number of aromatic amines is 1. The molecule has 3 heterocycles. The third-order valence-corrected chi connectivity index (χ3v) is 5.15. The number of nitrogens with zero attached hydrogens (tertiary/aromatic N) is 5. The van der Waals surface area contributed by atoms with Crippen molar-refractivity contribution in [3.05, 3.63) is 53.5 Å². The van der Waals surface area contributed by atoms with E-state index in [4.69, 9.17) is 5.73 Å². The number of H-pyrrole nitrogens is 1. The van der Waals surface area contributed by atoms with Gasteiger partial charge in [0.2, 0.25) is 0 Å². The van der Waals surface area contributed by atoms with Crippen LogP contribution in [0.5, 0.6) is 0 Å². The smallest absolute Gasteiger partial charge is 0.157 e. The van der Waals surface area contributed by atoms with E-state index in [1.807, 2.05) is 30.6 Å². The van der Waals surface area contributed by atoms with Crippen LogP contribution in [0, 0.1) is 12.7 Å². The van der Waals surface area contributed by atoms with E-state index in [2.05, 4.69) is 30.5 Å². The molecular formula is C21H23FN8. The molecule has 0 saturated carbocycles. The molecule has 1 unspecified atom stereocenters. The fraction of sp³-hybridized carbons (Fsp3) is 0.238. The van der Waals surface area contributed by atoms with E-state index in [1.54, 1.807) is 32.6 Å². The largest absolute Gasteiger partial charge is 0.404 e. The number of halogens is 1. The van der Waals surface area contributed by atoms with Gasteiger partial charge in [-0.15, -0.1) is 0 Å². The van der Waals surface area contributed by atoms with Gasteiger partial charge in [0.1, 0.15) is 11.6 Å². The first-order chi connectivity index (χ1) is 14.4. The van der Waals surface area contributed by atoms with Crippen molar-refractivity contribution < 1.29 is 4.39 Å². The average molecular weight is 406 g/mol. The van der Waals surface area contributed by atoms with Crippen LogP contribution in [0.25, 0.3) is 27.8 Å². The molecule has 0 aliphatic carbocycles. The number of rotatable bonds is 5. The highest BCUT2D eigenvalue weighted by Crippen LogP contribution is 2.38. The van der Waals surface area contributed by atoms with Gasteiger partial charge in [0.15, 0.2) is 5.65 Å². The van der Waals surface area contributed by atoms with Crippen LogP contribution in [0.2, 0.25) is 0 Å². The van der Waals surface area contributed by atoms with Gasteiger partial charge in [-0.2, -0.15) is 5.10 Å². The van der Waals surface area contributed by atoms with Crippen LogP contribution in [-0.2, 0) is 0 Å². The Kier molecular flexibility index (Phi) is 4.94. The van der Waals surface area contributed by atoms with Crippen LogP contribution >= 0.6 is 0 Å². The van der Waals surface area contributed by atoms with Crippen LogP contribution in [-0.4, -0.2) is 37.8 Å². The highest BCUT2D eigenvalue weighted by molar-refractivity contribution is 5.97. The second-order valence-corrected chi connectivity index (χ2v) is 7.17. The van der Waals surface area contributed by atoms with Gasteiger partial charge < -0.3 is 15.5 Å². The predicted molar refractivity (Wildman–Crippen MR) is 117 cm³/mol. The summed E-state index contributed by atoms with van der Waals surface area (Å²) in [6, 6.07) is -0.419. The first-order valence-electron chi connectivity index (χ1n) is 9.54. The molecular weight excluding hydrogens is 383 g/mol. The van der Waals surface area contributed by atoms with Gasteiger partial charge in [0, 0.05) is 36.0 Å². The van der Waals surface area contributed by atoms with Crippen LogP contribution < -0.4 is 11.1 Å². The van der Waals surface area contributed by atoms with E-state index in [0.717, 1.165) is 16.8 Å². The zero-order valence-corrected chi connectivity index (χ0v) is 17.2. The van der Waals surface area contributed by atoms with Gasteiger partial charge in [-0.1, -0.05) is 0 Å². The molecule has 0 radical (unpaired) electrons. The molecule has 4 N–H and O–H groups in total. The van der Waals surface area contributed by atoms with Crippen LogP contribution in [0.3, 0.4) is 0 Å². The highest BCUT2D eigenvalue weighted by Gasteiger charge is 2.23. The Hall–Kier alpha value is -3.75. The van der Waals surface area contributed by atoms with Gasteiger partial charge in [0.05, 0.1) is 35.8 Å². The number of hydrogen-bond acceptors (Lipinski definition) is 6. The van der Waals surface area contributed by atoms with Gasteiger partial charge in [-0.3, -0.25) is 15.1 Å². The molecule has 1 atom stereocenters. The van der Waals surface area contributed by atoms with E-state index >= 15 is 4.39 Å². The number of nitrogens with one attached hydrogen (secondary N) is 2. The summed E-state index contributed by atoms with van der Waals surface area (Å²) >= 11 is 0. The molecule has 3 aromatic heterocycles. The Morgan fingerprint density at radius 1 is 1.37 bits per heavy atom. The molecule has 9 heteroatoms. The molecule has 0 amide bonds. The summed E-state index contributed by atoms with van der Waals surface area (Å²) in [6.45, 7) is 5.43. The summed E-state index contributed by atoms with van der Waals surface area (Å²) in [6.07, 6.45) is 10.2. The van der Waals surface area contributed by atoms with Crippen molar-refractivity contribution in [2.45, 2.75) is 26.8 Å². The summed E-state index contributed by atoms with van der Waals surface area (Å²) in [5.74, 6) is 0.401. The lowest BCUT2D eigenvalue weighted by molar-refractivity contribution is 0.590. The maximum atomic E-state index is 15.6. The average Bonchev–Trinajstić information content (AvgIpc) is 3.38. The number of nitrogens with two attached hydrogens (primary N) is 1. The van der Waals surface area contributed by atoms with Crippen molar-refractivity contribution >= 4 is 28.6 Å². The van der Waals surface area contributed by atoms with Gasteiger partial charge >= 0.3 is 0 Å². The molecule has 30 heavy (non-hydrogen) atoms. The van der Waals surface area contributed by atoms with E-state index in [1.165, 1.54) is 6.20 Å². The number of aromatic nitrogens is 5. The highest BCUT2D eigenvalue weighted by atomic mass is 19.1. The Labute approximate surface area is 172 Å². The normalized spacial score (nSPS) is 13.6. The fourth-order valence-corrected chi connectivity index (χ4v) is 3.52. The predicted octanol–water partition coefficient (Wildman–Crippen LogP) is 3.76. The van der Waals surface area contributed by atoms with Crippen LogP contribution in [0.15, 0.2) is 41.6 Å². The third kappa shape index (κ3) is 3.18. The van der Waals surface area contributed by atoms with Crippen molar-refractivity contribution in [3.63, 3.8) is 0 Å². The minimum absolute atomic E-state index is 0.329.